The van der Waals surface area contributed by atoms with Crippen LogP contribution >= 0.6 is 0 Å². The van der Waals surface area contributed by atoms with Crippen molar-refractivity contribution in [3.05, 3.63) is 36.1 Å². The maximum absolute atomic E-state index is 3.13. The predicted octanol–water partition coefficient (Wildman–Crippen LogP) is 2.24. The molecule has 0 unspecified atom stereocenters. The third kappa shape index (κ3) is 2.26. The van der Waals surface area contributed by atoms with Crippen LogP contribution in [0.4, 0.5) is 0 Å². The van der Waals surface area contributed by atoms with Crippen molar-refractivity contribution in [1.29, 1.82) is 0 Å². The van der Waals surface area contributed by atoms with E-state index in [0.717, 1.165) is 0 Å². The second-order valence-electron chi connectivity index (χ2n) is 3.39. The van der Waals surface area contributed by atoms with Gasteiger partial charge >= 0.3 is 0 Å². The summed E-state index contributed by atoms with van der Waals surface area (Å²) in [6, 6.07) is 0. The number of hydrogen-bond acceptors (Lipinski definition) is 1. The minimum Gasteiger partial charge on any atom is -0.388 e. The van der Waals surface area contributed by atoms with Crippen molar-refractivity contribution < 1.29 is 0 Å². The first-order valence-corrected chi connectivity index (χ1v) is 3.90. The summed E-state index contributed by atoms with van der Waals surface area (Å²) in [6.07, 6.45) is 10.6. The molecule has 0 heterocycles. The van der Waals surface area contributed by atoms with Gasteiger partial charge in [-0.1, -0.05) is 38.2 Å². The van der Waals surface area contributed by atoms with Gasteiger partial charge in [0.25, 0.3) is 0 Å². The standard InChI is InChI=1S/C10H15N/c1-10(2)7-5-4-6-9(8-10)11-3/h4-8,11H,1-3H3. The molecule has 0 atom stereocenters. The lowest BCUT2D eigenvalue weighted by molar-refractivity contribution is 0.619. The van der Waals surface area contributed by atoms with E-state index in [1.165, 1.54) is 5.70 Å². The molecule has 0 aliphatic heterocycles. The van der Waals surface area contributed by atoms with E-state index < -0.39 is 0 Å². The van der Waals surface area contributed by atoms with Gasteiger partial charge in [0.2, 0.25) is 0 Å². The van der Waals surface area contributed by atoms with Gasteiger partial charge in [0.1, 0.15) is 0 Å². The van der Waals surface area contributed by atoms with Crippen LogP contribution in [0.25, 0.3) is 0 Å². The molecule has 0 radical (unpaired) electrons. The summed E-state index contributed by atoms with van der Waals surface area (Å²) in [4.78, 5) is 0. The molecule has 0 aromatic heterocycles. The summed E-state index contributed by atoms with van der Waals surface area (Å²) >= 11 is 0. The maximum Gasteiger partial charge on any atom is 0.0305 e. The first kappa shape index (κ1) is 8.12. The molecule has 1 N–H and O–H groups in total. The molecule has 0 saturated carbocycles. The van der Waals surface area contributed by atoms with Crippen molar-refractivity contribution in [1.82, 2.24) is 5.32 Å². The average molecular weight is 149 g/mol. The molecule has 11 heavy (non-hydrogen) atoms. The fourth-order valence-corrected chi connectivity index (χ4v) is 1.12. The van der Waals surface area contributed by atoms with Gasteiger partial charge in [-0.2, -0.15) is 0 Å². The lowest BCUT2D eigenvalue weighted by atomic mass is 9.92. The number of allylic oxidation sites excluding steroid dienone is 5. The van der Waals surface area contributed by atoms with Crippen molar-refractivity contribution in [2.75, 3.05) is 7.05 Å². The first-order valence-electron chi connectivity index (χ1n) is 3.90. The van der Waals surface area contributed by atoms with Crippen molar-refractivity contribution in [3.63, 3.8) is 0 Å². The summed E-state index contributed by atoms with van der Waals surface area (Å²) in [5.41, 5.74) is 1.35. The molecule has 0 fully saturated rings. The Morgan fingerprint density at radius 3 is 2.64 bits per heavy atom. The van der Waals surface area contributed by atoms with E-state index in [1.807, 2.05) is 7.05 Å². The van der Waals surface area contributed by atoms with Crippen LogP contribution in [0.15, 0.2) is 36.1 Å². The Balaban J connectivity index is 2.90. The van der Waals surface area contributed by atoms with Crippen molar-refractivity contribution in [2.24, 2.45) is 5.41 Å². The molecule has 1 rings (SSSR count). The van der Waals surface area contributed by atoms with Gasteiger partial charge in [-0.05, 0) is 6.08 Å². The molecule has 0 bridgehead atoms. The van der Waals surface area contributed by atoms with Crippen LogP contribution < -0.4 is 5.32 Å². The normalized spacial score (nSPS) is 20.8. The Kier molecular flexibility index (Phi) is 2.18. The molecule has 0 aromatic carbocycles. The van der Waals surface area contributed by atoms with Crippen LogP contribution in [0.1, 0.15) is 13.8 Å². The summed E-state index contributed by atoms with van der Waals surface area (Å²) in [7, 11) is 1.94. The van der Waals surface area contributed by atoms with E-state index in [1.54, 1.807) is 0 Å². The highest BCUT2D eigenvalue weighted by molar-refractivity contribution is 5.29. The molecule has 1 heteroatoms. The maximum atomic E-state index is 3.13. The summed E-state index contributed by atoms with van der Waals surface area (Å²) in [5.74, 6) is 0. The molecule has 0 saturated heterocycles. The predicted molar refractivity (Wildman–Crippen MR) is 49.2 cm³/mol. The topological polar surface area (TPSA) is 12.0 Å². The Morgan fingerprint density at radius 1 is 1.27 bits per heavy atom. The quantitative estimate of drug-likeness (QED) is 0.603. The van der Waals surface area contributed by atoms with Gasteiger partial charge < -0.3 is 5.32 Å². The van der Waals surface area contributed by atoms with Crippen LogP contribution in [-0.4, -0.2) is 7.05 Å². The van der Waals surface area contributed by atoms with Crippen molar-refractivity contribution >= 4 is 0 Å². The number of hydrogen-bond donors (Lipinski definition) is 1. The highest BCUT2D eigenvalue weighted by Crippen LogP contribution is 2.22. The van der Waals surface area contributed by atoms with Crippen LogP contribution in [0.3, 0.4) is 0 Å². The fraction of sp³-hybridized carbons (Fsp3) is 0.400. The molecule has 0 amide bonds. The second-order valence-corrected chi connectivity index (χ2v) is 3.39. The SMILES string of the molecule is CNC1=CC(C)(C)C=CC=C1. The number of nitrogens with one attached hydrogen (secondary N) is 1. The van der Waals surface area contributed by atoms with Crippen molar-refractivity contribution in [3.8, 4) is 0 Å². The highest BCUT2D eigenvalue weighted by Gasteiger charge is 2.11. The monoisotopic (exact) mass is 149 g/mol. The first-order chi connectivity index (χ1) is 5.14. The highest BCUT2D eigenvalue weighted by atomic mass is 14.8. The molecule has 60 valence electrons. The Bertz CT molecular complexity index is 219. The summed E-state index contributed by atoms with van der Waals surface area (Å²) in [6.45, 7) is 4.38. The van der Waals surface area contributed by atoms with Gasteiger partial charge in [0.05, 0.1) is 0 Å². The van der Waals surface area contributed by atoms with Crippen LogP contribution in [0.2, 0.25) is 0 Å². The largest absolute Gasteiger partial charge is 0.388 e. The van der Waals surface area contributed by atoms with Crippen LogP contribution in [-0.2, 0) is 0 Å². The Morgan fingerprint density at radius 2 is 2.00 bits per heavy atom. The third-order valence-electron chi connectivity index (χ3n) is 1.73. The zero-order valence-corrected chi connectivity index (χ0v) is 7.39. The van der Waals surface area contributed by atoms with Crippen LogP contribution in [0.5, 0.6) is 0 Å². The van der Waals surface area contributed by atoms with Gasteiger partial charge in [-0.25, -0.2) is 0 Å². The third-order valence-corrected chi connectivity index (χ3v) is 1.73. The van der Waals surface area contributed by atoms with Crippen LogP contribution in [0, 0.1) is 5.41 Å². The molecule has 0 spiro atoms. The second kappa shape index (κ2) is 2.95. The lowest BCUT2D eigenvalue weighted by Gasteiger charge is -2.14. The van der Waals surface area contributed by atoms with Gasteiger partial charge in [0, 0.05) is 18.2 Å². The minimum absolute atomic E-state index is 0.168. The number of likely N-dealkylation sites (N-methyl/N-ethyl adjacent to an activating group) is 1. The van der Waals surface area contributed by atoms with E-state index in [4.69, 9.17) is 0 Å². The molecule has 0 aromatic rings. The summed E-state index contributed by atoms with van der Waals surface area (Å²) in [5, 5.41) is 3.13. The molecule has 1 nitrogen and oxygen atoms in total. The minimum atomic E-state index is 0.168. The molecular formula is C10H15N. The van der Waals surface area contributed by atoms with Crippen molar-refractivity contribution in [2.45, 2.75) is 13.8 Å². The van der Waals surface area contributed by atoms with Gasteiger partial charge in [-0.15, -0.1) is 0 Å². The van der Waals surface area contributed by atoms with E-state index in [2.05, 4.69) is 49.5 Å². The van der Waals surface area contributed by atoms with E-state index in [9.17, 15) is 0 Å². The molecular weight excluding hydrogens is 134 g/mol. The Labute approximate surface area is 68.5 Å². The average Bonchev–Trinajstić information content (AvgIpc) is 2.10. The fourth-order valence-electron chi connectivity index (χ4n) is 1.12. The molecule has 1 aliphatic rings. The summed E-state index contributed by atoms with van der Waals surface area (Å²) < 4.78 is 0. The smallest absolute Gasteiger partial charge is 0.0305 e. The lowest BCUT2D eigenvalue weighted by Crippen LogP contribution is -2.09. The van der Waals surface area contributed by atoms with Gasteiger partial charge in [-0.3, -0.25) is 0 Å². The van der Waals surface area contributed by atoms with E-state index >= 15 is 0 Å². The zero-order chi connectivity index (χ0) is 8.32. The molecule has 1 aliphatic carbocycles. The van der Waals surface area contributed by atoms with E-state index in [-0.39, 0.29) is 5.41 Å². The zero-order valence-electron chi connectivity index (χ0n) is 7.39. The number of rotatable bonds is 1. The Hall–Kier alpha value is -0.980. The van der Waals surface area contributed by atoms with Gasteiger partial charge in [0.15, 0.2) is 0 Å². The van der Waals surface area contributed by atoms with E-state index in [0.29, 0.717) is 0 Å².